The molecule has 0 unspecified atom stereocenters. The van der Waals surface area contributed by atoms with Crippen LogP contribution in [0.15, 0.2) is 24.8 Å². The van der Waals surface area contributed by atoms with Gasteiger partial charge in [0.1, 0.15) is 12.4 Å². The van der Waals surface area contributed by atoms with Crippen LogP contribution in [0.5, 0.6) is 5.75 Å². The van der Waals surface area contributed by atoms with Crippen molar-refractivity contribution in [2.75, 3.05) is 6.61 Å². The first-order chi connectivity index (χ1) is 7.60. The van der Waals surface area contributed by atoms with Crippen molar-refractivity contribution < 1.29 is 18.8 Å². The molecular weight excluding hydrogens is 217 g/mol. The molecule has 5 nitrogen and oxygen atoms in total. The van der Waals surface area contributed by atoms with Crippen molar-refractivity contribution >= 4 is 12.0 Å². The van der Waals surface area contributed by atoms with Gasteiger partial charge in [-0.05, 0) is 6.07 Å². The molecule has 0 saturated carbocycles. The highest BCUT2D eigenvalue weighted by Gasteiger charge is 2.21. The van der Waals surface area contributed by atoms with Crippen molar-refractivity contribution in [2.24, 2.45) is 0 Å². The Bertz CT molecular complexity index is 445. The second-order valence-electron chi connectivity index (χ2n) is 2.82. The molecule has 0 heterocycles. The molecule has 6 heteroatoms. The summed E-state index contributed by atoms with van der Waals surface area (Å²) < 4.78 is 17.9. The Balaban J connectivity index is 3.32. The van der Waals surface area contributed by atoms with Gasteiger partial charge in [-0.2, -0.15) is 0 Å². The summed E-state index contributed by atoms with van der Waals surface area (Å²) in [6.07, 6.45) is 1.66. The van der Waals surface area contributed by atoms with Gasteiger partial charge in [-0.25, -0.2) is 4.39 Å². The molecule has 0 bridgehead atoms. The molecule has 0 aromatic heterocycles. The number of ether oxygens (including phenoxy) is 1. The number of hydrogen-bond acceptors (Lipinski definition) is 4. The van der Waals surface area contributed by atoms with Gasteiger partial charge in [-0.15, -0.1) is 0 Å². The van der Waals surface area contributed by atoms with Crippen molar-refractivity contribution in [3.05, 3.63) is 46.3 Å². The Morgan fingerprint density at radius 1 is 1.56 bits per heavy atom. The molecule has 0 N–H and O–H groups in total. The van der Waals surface area contributed by atoms with E-state index in [9.17, 15) is 19.3 Å². The lowest BCUT2D eigenvalue weighted by molar-refractivity contribution is -0.386. The van der Waals surface area contributed by atoms with E-state index in [4.69, 9.17) is 4.74 Å². The molecule has 0 aliphatic heterocycles. The smallest absolute Gasteiger partial charge is 0.314 e. The third-order valence-corrected chi connectivity index (χ3v) is 1.73. The van der Waals surface area contributed by atoms with Crippen LogP contribution in [-0.2, 0) is 0 Å². The number of rotatable bonds is 5. The molecule has 1 aromatic carbocycles. The number of nitro benzene ring substituents is 1. The number of halogens is 1. The summed E-state index contributed by atoms with van der Waals surface area (Å²) in [6.45, 7) is 3.36. The lowest BCUT2D eigenvalue weighted by Gasteiger charge is -2.06. The van der Waals surface area contributed by atoms with E-state index in [1.807, 2.05) is 0 Å². The van der Waals surface area contributed by atoms with E-state index in [0.717, 1.165) is 6.07 Å². The molecule has 0 amide bonds. The summed E-state index contributed by atoms with van der Waals surface area (Å²) in [5, 5.41) is 10.6. The Kier molecular flexibility index (Phi) is 3.71. The van der Waals surface area contributed by atoms with Crippen LogP contribution in [0.3, 0.4) is 0 Å². The minimum atomic E-state index is -0.861. The number of carbonyl (C=O) groups excluding carboxylic acids is 1. The van der Waals surface area contributed by atoms with Crippen LogP contribution in [0.25, 0.3) is 0 Å². The van der Waals surface area contributed by atoms with Crippen LogP contribution in [-0.4, -0.2) is 17.8 Å². The van der Waals surface area contributed by atoms with E-state index in [1.54, 1.807) is 0 Å². The normalized spacial score (nSPS) is 9.56. The molecule has 0 atom stereocenters. The summed E-state index contributed by atoms with van der Waals surface area (Å²) in [5.74, 6) is -1.11. The van der Waals surface area contributed by atoms with Gasteiger partial charge in [0.15, 0.2) is 6.29 Å². The fraction of sp³-hybridized carbons (Fsp3) is 0.100. The van der Waals surface area contributed by atoms with E-state index < -0.39 is 16.4 Å². The van der Waals surface area contributed by atoms with E-state index in [-0.39, 0.29) is 17.9 Å². The van der Waals surface area contributed by atoms with Gasteiger partial charge in [0.25, 0.3) is 0 Å². The van der Waals surface area contributed by atoms with Crippen LogP contribution in [0, 0.1) is 15.9 Å². The van der Waals surface area contributed by atoms with Crippen LogP contribution in [0.2, 0.25) is 0 Å². The van der Waals surface area contributed by atoms with E-state index >= 15 is 0 Å². The number of hydrogen-bond donors (Lipinski definition) is 0. The number of carbonyl (C=O) groups is 1. The number of nitro groups is 1. The highest BCUT2D eigenvalue weighted by atomic mass is 19.1. The maximum atomic E-state index is 12.9. The molecule has 1 aromatic rings. The average Bonchev–Trinajstić information content (AvgIpc) is 2.26. The minimum absolute atomic E-state index is 0.00663. The van der Waals surface area contributed by atoms with Crippen LogP contribution in [0.4, 0.5) is 10.1 Å². The predicted octanol–water partition coefficient (Wildman–Crippen LogP) is 2.11. The summed E-state index contributed by atoms with van der Waals surface area (Å²) in [5.41, 5.74) is -0.780. The van der Waals surface area contributed by atoms with Crippen molar-refractivity contribution in [3.8, 4) is 5.75 Å². The standard InChI is InChI=1S/C10H8FNO4/c1-2-3-16-10-7(6-13)4-8(11)5-9(10)12(14)15/h2,4-6H,1,3H2. The third kappa shape index (κ3) is 2.41. The third-order valence-electron chi connectivity index (χ3n) is 1.73. The number of aldehydes is 1. The summed E-state index contributed by atoms with van der Waals surface area (Å²) in [4.78, 5) is 20.4. The summed E-state index contributed by atoms with van der Waals surface area (Å²) in [6, 6.07) is 1.57. The number of nitrogens with zero attached hydrogens (tertiary/aromatic N) is 1. The van der Waals surface area contributed by atoms with Gasteiger partial charge in [0.05, 0.1) is 16.6 Å². The maximum Gasteiger partial charge on any atom is 0.314 e. The van der Waals surface area contributed by atoms with Crippen LogP contribution >= 0.6 is 0 Å². The van der Waals surface area contributed by atoms with E-state index in [0.29, 0.717) is 12.4 Å². The van der Waals surface area contributed by atoms with Crippen molar-refractivity contribution in [3.63, 3.8) is 0 Å². The van der Waals surface area contributed by atoms with Gasteiger partial charge < -0.3 is 4.74 Å². The van der Waals surface area contributed by atoms with Gasteiger partial charge in [-0.1, -0.05) is 12.7 Å². The van der Waals surface area contributed by atoms with Gasteiger partial charge >= 0.3 is 5.69 Å². The zero-order valence-corrected chi connectivity index (χ0v) is 8.18. The van der Waals surface area contributed by atoms with Crippen molar-refractivity contribution in [2.45, 2.75) is 0 Å². The fourth-order valence-corrected chi connectivity index (χ4v) is 1.12. The Hall–Kier alpha value is -2.24. The molecule has 0 radical (unpaired) electrons. The zero-order valence-electron chi connectivity index (χ0n) is 8.18. The molecule has 0 aliphatic rings. The molecular formula is C10H8FNO4. The first-order valence-electron chi connectivity index (χ1n) is 4.27. The van der Waals surface area contributed by atoms with Gasteiger partial charge in [0, 0.05) is 0 Å². The monoisotopic (exact) mass is 225 g/mol. The fourth-order valence-electron chi connectivity index (χ4n) is 1.12. The minimum Gasteiger partial charge on any atom is -0.482 e. The molecule has 0 saturated heterocycles. The average molecular weight is 225 g/mol. The first kappa shape index (κ1) is 11.8. The van der Waals surface area contributed by atoms with Crippen molar-refractivity contribution in [1.29, 1.82) is 0 Å². The second kappa shape index (κ2) is 5.01. The highest BCUT2D eigenvalue weighted by molar-refractivity contribution is 5.82. The summed E-state index contributed by atoms with van der Waals surface area (Å²) in [7, 11) is 0. The predicted molar refractivity (Wildman–Crippen MR) is 54.1 cm³/mol. The van der Waals surface area contributed by atoms with Gasteiger partial charge in [0.2, 0.25) is 5.75 Å². The topological polar surface area (TPSA) is 69.4 Å². The second-order valence-corrected chi connectivity index (χ2v) is 2.82. The van der Waals surface area contributed by atoms with E-state index in [2.05, 4.69) is 6.58 Å². The van der Waals surface area contributed by atoms with Crippen LogP contribution < -0.4 is 4.74 Å². The Morgan fingerprint density at radius 2 is 2.25 bits per heavy atom. The molecule has 16 heavy (non-hydrogen) atoms. The molecule has 0 fully saturated rings. The SMILES string of the molecule is C=CCOc1c(C=O)cc(F)cc1[N+](=O)[O-]. The highest BCUT2D eigenvalue weighted by Crippen LogP contribution is 2.31. The Labute approximate surface area is 90.3 Å². The maximum absolute atomic E-state index is 12.9. The molecule has 0 spiro atoms. The largest absolute Gasteiger partial charge is 0.482 e. The molecule has 1 rings (SSSR count). The zero-order chi connectivity index (χ0) is 12.1. The summed E-state index contributed by atoms with van der Waals surface area (Å²) >= 11 is 0. The first-order valence-corrected chi connectivity index (χ1v) is 4.27. The van der Waals surface area contributed by atoms with Gasteiger partial charge in [-0.3, -0.25) is 14.9 Å². The Morgan fingerprint density at radius 3 is 2.75 bits per heavy atom. The van der Waals surface area contributed by atoms with Crippen LogP contribution in [0.1, 0.15) is 10.4 Å². The van der Waals surface area contributed by atoms with Crippen molar-refractivity contribution in [1.82, 2.24) is 0 Å². The quantitative estimate of drug-likeness (QED) is 0.333. The molecule has 84 valence electrons. The molecule has 0 aliphatic carbocycles. The lowest BCUT2D eigenvalue weighted by Crippen LogP contribution is -2.02. The lowest BCUT2D eigenvalue weighted by atomic mass is 10.2. The number of benzene rings is 1. The van der Waals surface area contributed by atoms with E-state index in [1.165, 1.54) is 6.08 Å².